The van der Waals surface area contributed by atoms with E-state index in [-0.39, 0.29) is 0 Å². The smallest absolute Gasteiger partial charge is 0.0401 e. The van der Waals surface area contributed by atoms with Crippen LogP contribution in [-0.4, -0.2) is 9.41 Å². The molecule has 1 heterocycles. The van der Waals surface area contributed by atoms with Gasteiger partial charge >= 0.3 is 0 Å². The topological polar surface area (TPSA) is 12.9 Å². The minimum atomic E-state index is 1.03. The van der Waals surface area contributed by atoms with Gasteiger partial charge in [0.2, 0.25) is 0 Å². The van der Waals surface area contributed by atoms with Crippen molar-refractivity contribution < 1.29 is 0 Å². The molecule has 12 heavy (non-hydrogen) atoms. The van der Waals surface area contributed by atoms with Gasteiger partial charge in [-0.1, -0.05) is 35.6 Å². The highest BCUT2D eigenvalue weighted by Gasteiger charge is 1.93. The fraction of sp³-hybridized carbons (Fsp3) is 0.500. The summed E-state index contributed by atoms with van der Waals surface area (Å²) in [6.07, 6.45) is 5.46. The van der Waals surface area contributed by atoms with Gasteiger partial charge in [-0.15, -0.1) is 0 Å². The third-order valence-corrected chi connectivity index (χ3v) is 2.61. The van der Waals surface area contributed by atoms with Crippen LogP contribution in [0.5, 0.6) is 0 Å². The molecule has 0 amide bonds. The zero-order chi connectivity index (χ0) is 8.81. The molecule has 0 aromatic carbocycles. The van der Waals surface area contributed by atoms with Gasteiger partial charge in [0, 0.05) is 11.9 Å². The van der Waals surface area contributed by atoms with Gasteiger partial charge in [-0.25, -0.2) is 0 Å². The number of hydrogen-bond donors (Lipinski definition) is 0. The summed E-state index contributed by atoms with van der Waals surface area (Å²) in [5.74, 6) is 0. The maximum absolute atomic E-state index is 4.35. The first-order valence-electron chi connectivity index (χ1n) is 4.36. The molecule has 0 radical (unpaired) electrons. The normalized spacial score (nSPS) is 10.2. The van der Waals surface area contributed by atoms with Crippen LogP contribution in [-0.2, 0) is 12.8 Å². The van der Waals surface area contributed by atoms with Crippen molar-refractivity contribution in [2.24, 2.45) is 0 Å². The number of hydrogen-bond acceptors (Lipinski definition) is 1. The van der Waals surface area contributed by atoms with Crippen LogP contribution in [0, 0.1) is 0 Å². The Kier molecular flexibility index (Phi) is 4.58. The average molecular weight is 275 g/mol. The molecular weight excluding hydrogens is 261 g/mol. The predicted molar refractivity (Wildman–Crippen MR) is 60.8 cm³/mol. The van der Waals surface area contributed by atoms with Crippen LogP contribution in [0.3, 0.4) is 0 Å². The zero-order valence-electron chi connectivity index (χ0n) is 7.39. The molecular formula is C10H14IN. The van der Waals surface area contributed by atoms with Crippen molar-refractivity contribution in [2.45, 2.75) is 26.2 Å². The SMILES string of the molecule is CCc1ccc(CCCI)cn1. The van der Waals surface area contributed by atoms with E-state index in [1.54, 1.807) is 0 Å². The molecule has 0 atom stereocenters. The number of halogens is 1. The van der Waals surface area contributed by atoms with E-state index >= 15 is 0 Å². The van der Waals surface area contributed by atoms with E-state index in [9.17, 15) is 0 Å². The second-order valence-corrected chi connectivity index (χ2v) is 3.88. The largest absolute Gasteiger partial charge is 0.261 e. The van der Waals surface area contributed by atoms with Gasteiger partial charge in [0.1, 0.15) is 0 Å². The van der Waals surface area contributed by atoms with Crippen molar-refractivity contribution >= 4 is 22.6 Å². The first kappa shape index (κ1) is 9.96. The summed E-state index contributed by atoms with van der Waals surface area (Å²) in [5, 5.41) is 0. The van der Waals surface area contributed by atoms with Crippen molar-refractivity contribution in [3.63, 3.8) is 0 Å². The molecule has 0 aliphatic carbocycles. The Morgan fingerprint density at radius 3 is 2.75 bits per heavy atom. The Hall–Kier alpha value is -0.120. The van der Waals surface area contributed by atoms with Gasteiger partial charge in [0.25, 0.3) is 0 Å². The summed E-state index contributed by atoms with van der Waals surface area (Å²) >= 11 is 2.41. The van der Waals surface area contributed by atoms with Crippen LogP contribution in [0.2, 0.25) is 0 Å². The van der Waals surface area contributed by atoms with E-state index in [2.05, 4.69) is 46.6 Å². The van der Waals surface area contributed by atoms with E-state index in [1.807, 2.05) is 6.20 Å². The van der Waals surface area contributed by atoms with Crippen molar-refractivity contribution in [1.29, 1.82) is 0 Å². The van der Waals surface area contributed by atoms with Crippen LogP contribution in [0.25, 0.3) is 0 Å². The number of rotatable bonds is 4. The molecule has 1 nitrogen and oxygen atoms in total. The Morgan fingerprint density at radius 2 is 2.25 bits per heavy atom. The monoisotopic (exact) mass is 275 g/mol. The van der Waals surface area contributed by atoms with Gasteiger partial charge in [0.15, 0.2) is 0 Å². The van der Waals surface area contributed by atoms with E-state index in [0.29, 0.717) is 0 Å². The van der Waals surface area contributed by atoms with Crippen LogP contribution in [0.15, 0.2) is 18.3 Å². The third-order valence-electron chi connectivity index (χ3n) is 1.85. The molecule has 0 aliphatic rings. The predicted octanol–water partition coefficient (Wildman–Crippen LogP) is 3.01. The Morgan fingerprint density at radius 1 is 1.42 bits per heavy atom. The van der Waals surface area contributed by atoms with Crippen LogP contribution in [0.4, 0.5) is 0 Å². The Bertz CT molecular complexity index is 218. The van der Waals surface area contributed by atoms with Crippen molar-refractivity contribution in [3.8, 4) is 0 Å². The first-order chi connectivity index (χ1) is 5.86. The number of aromatic nitrogens is 1. The molecule has 0 spiro atoms. The minimum absolute atomic E-state index is 1.03. The van der Waals surface area contributed by atoms with Gasteiger partial charge < -0.3 is 0 Å². The van der Waals surface area contributed by atoms with Crippen molar-refractivity contribution in [1.82, 2.24) is 4.98 Å². The summed E-state index contributed by atoms with van der Waals surface area (Å²) in [6.45, 7) is 2.13. The second-order valence-electron chi connectivity index (χ2n) is 2.80. The van der Waals surface area contributed by atoms with E-state index in [4.69, 9.17) is 0 Å². The fourth-order valence-electron chi connectivity index (χ4n) is 1.08. The van der Waals surface area contributed by atoms with Crippen LogP contribution < -0.4 is 0 Å². The Labute approximate surface area is 87.7 Å². The summed E-state index contributed by atoms with van der Waals surface area (Å²) < 4.78 is 1.23. The fourth-order valence-corrected chi connectivity index (χ4v) is 1.46. The third kappa shape index (κ3) is 3.09. The number of aryl methyl sites for hydroxylation is 2. The van der Waals surface area contributed by atoms with Gasteiger partial charge in [-0.05, 0) is 35.3 Å². The molecule has 0 saturated heterocycles. The first-order valence-corrected chi connectivity index (χ1v) is 5.89. The number of pyridine rings is 1. The Balaban J connectivity index is 2.53. The van der Waals surface area contributed by atoms with Crippen molar-refractivity contribution in [2.75, 3.05) is 4.43 Å². The van der Waals surface area contributed by atoms with Crippen molar-refractivity contribution in [3.05, 3.63) is 29.6 Å². The molecule has 0 unspecified atom stereocenters. The second kappa shape index (κ2) is 5.51. The number of alkyl halides is 1. The average Bonchev–Trinajstić information content (AvgIpc) is 2.15. The number of nitrogens with zero attached hydrogens (tertiary/aromatic N) is 1. The van der Waals surface area contributed by atoms with E-state index in [1.165, 1.54) is 28.5 Å². The standard InChI is InChI=1S/C10H14IN/c1-2-10-6-5-9(8-12-10)4-3-7-11/h5-6,8H,2-4,7H2,1H3. The summed E-state index contributed by atoms with van der Waals surface area (Å²) in [5.41, 5.74) is 2.55. The summed E-state index contributed by atoms with van der Waals surface area (Å²) in [7, 11) is 0. The molecule has 0 aliphatic heterocycles. The van der Waals surface area contributed by atoms with Gasteiger partial charge in [0.05, 0.1) is 0 Å². The maximum Gasteiger partial charge on any atom is 0.0401 e. The molecule has 1 aromatic heterocycles. The maximum atomic E-state index is 4.35. The van der Waals surface area contributed by atoms with Gasteiger partial charge in [-0.3, -0.25) is 4.98 Å². The molecule has 66 valence electrons. The lowest BCUT2D eigenvalue weighted by Gasteiger charge is -1.99. The molecule has 2 heteroatoms. The highest BCUT2D eigenvalue weighted by molar-refractivity contribution is 14.1. The lowest BCUT2D eigenvalue weighted by atomic mass is 10.1. The minimum Gasteiger partial charge on any atom is -0.261 e. The molecule has 0 fully saturated rings. The molecule has 0 bridgehead atoms. The highest BCUT2D eigenvalue weighted by Crippen LogP contribution is 2.04. The molecule has 0 saturated carbocycles. The summed E-state index contributed by atoms with van der Waals surface area (Å²) in [4.78, 5) is 4.35. The van der Waals surface area contributed by atoms with Gasteiger partial charge in [-0.2, -0.15) is 0 Å². The lowest BCUT2D eigenvalue weighted by molar-refractivity contribution is 0.923. The molecule has 1 rings (SSSR count). The van der Waals surface area contributed by atoms with Crippen LogP contribution in [0.1, 0.15) is 24.6 Å². The highest BCUT2D eigenvalue weighted by atomic mass is 127. The summed E-state index contributed by atoms with van der Waals surface area (Å²) in [6, 6.07) is 4.32. The molecule has 1 aromatic rings. The molecule has 0 N–H and O–H groups in total. The van der Waals surface area contributed by atoms with E-state index < -0.39 is 0 Å². The zero-order valence-corrected chi connectivity index (χ0v) is 9.54. The van der Waals surface area contributed by atoms with E-state index in [0.717, 1.165) is 6.42 Å². The quantitative estimate of drug-likeness (QED) is 0.608. The lowest BCUT2D eigenvalue weighted by Crippen LogP contribution is -1.90. The van der Waals surface area contributed by atoms with Crippen LogP contribution >= 0.6 is 22.6 Å².